The van der Waals surface area contributed by atoms with Crippen LogP contribution in [0, 0.1) is 17.8 Å². The molecule has 92 valence electrons. The molecule has 0 aromatic carbocycles. The van der Waals surface area contributed by atoms with E-state index in [0.717, 1.165) is 31.8 Å². The standard InChI is InChI=1S/C13H24N2O/c1-2-10-6-7-15(9-10)13(16)12-5-3-4-11(12)8-14/h10-12H,2-9,14H2,1H3. The van der Waals surface area contributed by atoms with Gasteiger partial charge in [-0.2, -0.15) is 0 Å². The third-order valence-corrected chi connectivity index (χ3v) is 4.45. The fraction of sp³-hybridized carbons (Fsp3) is 0.923. The summed E-state index contributed by atoms with van der Waals surface area (Å²) in [5.74, 6) is 1.82. The van der Waals surface area contributed by atoms with Crippen LogP contribution in [0.5, 0.6) is 0 Å². The van der Waals surface area contributed by atoms with Crippen LogP contribution < -0.4 is 5.73 Å². The van der Waals surface area contributed by atoms with Gasteiger partial charge < -0.3 is 10.6 Å². The Kier molecular flexibility index (Phi) is 3.85. The smallest absolute Gasteiger partial charge is 0.226 e. The van der Waals surface area contributed by atoms with Crippen molar-refractivity contribution in [1.82, 2.24) is 4.90 Å². The van der Waals surface area contributed by atoms with Crippen molar-refractivity contribution in [1.29, 1.82) is 0 Å². The van der Waals surface area contributed by atoms with Crippen LogP contribution in [0.3, 0.4) is 0 Å². The maximum atomic E-state index is 12.3. The Morgan fingerprint density at radius 1 is 1.38 bits per heavy atom. The Balaban J connectivity index is 1.92. The first-order chi connectivity index (χ1) is 7.76. The summed E-state index contributed by atoms with van der Waals surface area (Å²) in [7, 11) is 0. The molecule has 2 rings (SSSR count). The zero-order chi connectivity index (χ0) is 11.5. The maximum Gasteiger partial charge on any atom is 0.226 e. The van der Waals surface area contributed by atoms with Gasteiger partial charge in [0.05, 0.1) is 0 Å². The van der Waals surface area contributed by atoms with E-state index in [1.165, 1.54) is 19.3 Å². The molecule has 3 unspecified atom stereocenters. The Bertz CT molecular complexity index is 254. The molecule has 0 spiro atoms. The highest BCUT2D eigenvalue weighted by atomic mass is 16.2. The van der Waals surface area contributed by atoms with Crippen LogP contribution in [0.15, 0.2) is 0 Å². The molecular formula is C13H24N2O. The highest BCUT2D eigenvalue weighted by molar-refractivity contribution is 5.79. The minimum absolute atomic E-state index is 0.237. The van der Waals surface area contributed by atoms with Crippen LogP contribution in [0.1, 0.15) is 39.0 Å². The SMILES string of the molecule is CCC1CCN(C(=O)C2CCCC2CN)C1. The number of amides is 1. The van der Waals surface area contributed by atoms with Crippen molar-refractivity contribution in [2.24, 2.45) is 23.5 Å². The fourth-order valence-electron chi connectivity index (χ4n) is 3.24. The summed E-state index contributed by atoms with van der Waals surface area (Å²) in [5.41, 5.74) is 5.74. The molecule has 0 aromatic rings. The van der Waals surface area contributed by atoms with Crippen LogP contribution in [0.2, 0.25) is 0 Å². The van der Waals surface area contributed by atoms with Crippen molar-refractivity contribution in [2.45, 2.75) is 39.0 Å². The van der Waals surface area contributed by atoms with Gasteiger partial charge in [0, 0.05) is 19.0 Å². The largest absolute Gasteiger partial charge is 0.342 e. The number of nitrogens with two attached hydrogens (primary N) is 1. The minimum atomic E-state index is 0.237. The van der Waals surface area contributed by atoms with Gasteiger partial charge in [-0.1, -0.05) is 19.8 Å². The first-order valence-corrected chi connectivity index (χ1v) is 6.75. The average molecular weight is 224 g/mol. The number of carbonyl (C=O) groups is 1. The molecule has 0 bridgehead atoms. The molecule has 1 heterocycles. The van der Waals surface area contributed by atoms with Crippen molar-refractivity contribution in [3.63, 3.8) is 0 Å². The van der Waals surface area contributed by atoms with Gasteiger partial charge in [0.25, 0.3) is 0 Å². The van der Waals surface area contributed by atoms with Gasteiger partial charge in [0.1, 0.15) is 0 Å². The summed E-state index contributed by atoms with van der Waals surface area (Å²) in [6.07, 6.45) is 5.80. The van der Waals surface area contributed by atoms with Crippen LogP contribution in [-0.4, -0.2) is 30.4 Å². The average Bonchev–Trinajstić information content (AvgIpc) is 2.96. The summed E-state index contributed by atoms with van der Waals surface area (Å²) in [6.45, 7) is 4.87. The van der Waals surface area contributed by atoms with E-state index in [0.29, 0.717) is 18.4 Å². The Morgan fingerprint density at radius 3 is 2.81 bits per heavy atom. The summed E-state index contributed by atoms with van der Waals surface area (Å²) >= 11 is 0. The van der Waals surface area contributed by atoms with E-state index in [1.54, 1.807) is 0 Å². The van der Waals surface area contributed by atoms with Crippen LogP contribution in [-0.2, 0) is 4.79 Å². The van der Waals surface area contributed by atoms with Crippen molar-refractivity contribution >= 4 is 5.91 Å². The van der Waals surface area contributed by atoms with Gasteiger partial charge in [-0.3, -0.25) is 4.79 Å². The molecule has 0 radical (unpaired) electrons. The molecule has 2 N–H and O–H groups in total. The van der Waals surface area contributed by atoms with Crippen LogP contribution >= 0.6 is 0 Å². The van der Waals surface area contributed by atoms with E-state index in [1.807, 2.05) is 0 Å². The lowest BCUT2D eigenvalue weighted by Gasteiger charge is -2.24. The van der Waals surface area contributed by atoms with E-state index < -0.39 is 0 Å². The van der Waals surface area contributed by atoms with E-state index in [9.17, 15) is 4.79 Å². The van der Waals surface area contributed by atoms with E-state index in [-0.39, 0.29) is 5.92 Å². The third-order valence-electron chi connectivity index (χ3n) is 4.45. The van der Waals surface area contributed by atoms with Crippen molar-refractivity contribution in [3.8, 4) is 0 Å². The summed E-state index contributed by atoms with van der Waals surface area (Å²) < 4.78 is 0. The predicted octanol–water partition coefficient (Wildman–Crippen LogP) is 1.62. The molecule has 1 saturated heterocycles. The second-order valence-corrected chi connectivity index (χ2v) is 5.38. The third kappa shape index (κ3) is 2.24. The molecule has 3 nitrogen and oxygen atoms in total. The minimum Gasteiger partial charge on any atom is -0.342 e. The Hall–Kier alpha value is -0.570. The molecule has 0 aromatic heterocycles. The molecule has 1 aliphatic carbocycles. The monoisotopic (exact) mass is 224 g/mol. The first kappa shape index (κ1) is 11.9. The first-order valence-electron chi connectivity index (χ1n) is 6.75. The van der Waals surface area contributed by atoms with Crippen LogP contribution in [0.4, 0.5) is 0 Å². The number of nitrogens with zero attached hydrogens (tertiary/aromatic N) is 1. The second-order valence-electron chi connectivity index (χ2n) is 5.38. The van der Waals surface area contributed by atoms with Gasteiger partial charge >= 0.3 is 0 Å². The van der Waals surface area contributed by atoms with Gasteiger partial charge in [-0.25, -0.2) is 0 Å². The van der Waals surface area contributed by atoms with E-state index in [2.05, 4.69) is 11.8 Å². The zero-order valence-electron chi connectivity index (χ0n) is 10.3. The lowest BCUT2D eigenvalue weighted by atomic mass is 9.95. The lowest BCUT2D eigenvalue weighted by molar-refractivity contribution is -0.135. The Morgan fingerprint density at radius 2 is 2.19 bits per heavy atom. The van der Waals surface area contributed by atoms with Crippen LogP contribution in [0.25, 0.3) is 0 Å². The molecule has 1 saturated carbocycles. The molecule has 2 fully saturated rings. The highest BCUT2D eigenvalue weighted by Crippen LogP contribution is 2.33. The topological polar surface area (TPSA) is 46.3 Å². The van der Waals surface area contributed by atoms with Gasteiger partial charge in [-0.05, 0) is 37.6 Å². The number of rotatable bonds is 3. The van der Waals surface area contributed by atoms with Gasteiger partial charge in [-0.15, -0.1) is 0 Å². The number of carbonyl (C=O) groups excluding carboxylic acids is 1. The molecular weight excluding hydrogens is 200 g/mol. The number of hydrogen-bond acceptors (Lipinski definition) is 2. The van der Waals surface area contributed by atoms with Crippen molar-refractivity contribution in [2.75, 3.05) is 19.6 Å². The fourth-order valence-corrected chi connectivity index (χ4v) is 3.24. The number of likely N-dealkylation sites (tertiary alicyclic amines) is 1. The highest BCUT2D eigenvalue weighted by Gasteiger charge is 2.36. The molecule has 2 aliphatic rings. The molecule has 3 heteroatoms. The zero-order valence-corrected chi connectivity index (χ0v) is 10.3. The van der Waals surface area contributed by atoms with Crippen molar-refractivity contribution in [3.05, 3.63) is 0 Å². The lowest BCUT2D eigenvalue weighted by Crippen LogP contribution is -2.37. The summed E-state index contributed by atoms with van der Waals surface area (Å²) in [4.78, 5) is 14.4. The normalized spacial score (nSPS) is 34.6. The summed E-state index contributed by atoms with van der Waals surface area (Å²) in [6, 6.07) is 0. The molecule has 16 heavy (non-hydrogen) atoms. The molecule has 1 amide bonds. The van der Waals surface area contributed by atoms with Gasteiger partial charge in [0.2, 0.25) is 5.91 Å². The van der Waals surface area contributed by atoms with Crippen molar-refractivity contribution < 1.29 is 4.79 Å². The summed E-state index contributed by atoms with van der Waals surface area (Å²) in [5, 5.41) is 0. The second kappa shape index (κ2) is 5.17. The predicted molar refractivity (Wildman–Crippen MR) is 64.9 cm³/mol. The molecule has 1 aliphatic heterocycles. The quantitative estimate of drug-likeness (QED) is 0.792. The van der Waals surface area contributed by atoms with Gasteiger partial charge in [0.15, 0.2) is 0 Å². The number of hydrogen-bond donors (Lipinski definition) is 1. The Labute approximate surface area is 98.4 Å². The maximum absolute atomic E-state index is 12.3. The molecule has 3 atom stereocenters. The van der Waals surface area contributed by atoms with E-state index in [4.69, 9.17) is 5.73 Å². The van der Waals surface area contributed by atoms with E-state index >= 15 is 0 Å².